The fourth-order valence-electron chi connectivity index (χ4n) is 3.60. The Balaban J connectivity index is 1.69. The van der Waals surface area contributed by atoms with Crippen molar-refractivity contribution in [2.45, 2.75) is 65.3 Å². The second-order valence-corrected chi connectivity index (χ2v) is 9.91. The monoisotopic (exact) mass is 463 g/mol. The number of benzene rings is 2. The van der Waals surface area contributed by atoms with Gasteiger partial charge in [0.1, 0.15) is 0 Å². The van der Waals surface area contributed by atoms with Crippen molar-refractivity contribution in [2.75, 3.05) is 5.32 Å². The second kappa shape index (κ2) is 10.6. The summed E-state index contributed by atoms with van der Waals surface area (Å²) in [5.74, 6) is 0.582. The number of nitrogens with one attached hydrogen (secondary N) is 1. The van der Waals surface area contributed by atoms with E-state index in [1.807, 2.05) is 45.0 Å². The zero-order valence-corrected chi connectivity index (χ0v) is 20.5. The number of aromatic nitrogens is 2. The fourth-order valence-corrected chi connectivity index (χ4v) is 3.60. The third-order valence-electron chi connectivity index (χ3n) is 5.59. The predicted octanol–water partition coefficient (Wildman–Crippen LogP) is 6.28. The van der Waals surface area contributed by atoms with Gasteiger partial charge in [-0.2, -0.15) is 4.98 Å². The van der Waals surface area contributed by atoms with Crippen molar-refractivity contribution in [1.29, 1.82) is 0 Å². The molecule has 1 aromatic heterocycles. The van der Waals surface area contributed by atoms with Gasteiger partial charge < -0.3 is 14.9 Å². The maximum absolute atomic E-state index is 12.3. The van der Waals surface area contributed by atoms with Crippen LogP contribution in [0.5, 0.6) is 0 Å². The predicted molar refractivity (Wildman–Crippen MR) is 132 cm³/mol. The standard InChI is InChI=1S/C27H33N3O4/c1-17(2)24(28-21-15-13-18(14-16-21)22(31)7-6-8-23(32)33)19-9-11-20(12-10-19)25-29-26(34-30-25)27(3,4)5/h9-17,24,28H,6-8H2,1-5H3,(H,32,33). The first-order valence-electron chi connectivity index (χ1n) is 11.6. The molecule has 0 saturated carbocycles. The molecule has 7 nitrogen and oxygen atoms in total. The Bertz CT molecular complexity index is 1110. The van der Waals surface area contributed by atoms with Gasteiger partial charge in [0.15, 0.2) is 5.78 Å². The molecule has 0 spiro atoms. The van der Waals surface area contributed by atoms with Gasteiger partial charge in [0.05, 0.1) is 6.04 Å². The lowest BCUT2D eigenvalue weighted by Crippen LogP contribution is -2.17. The minimum absolute atomic E-state index is 0.00467. The molecule has 1 heterocycles. The number of hydrogen-bond acceptors (Lipinski definition) is 6. The van der Waals surface area contributed by atoms with Crippen molar-refractivity contribution in [3.05, 3.63) is 65.5 Å². The van der Waals surface area contributed by atoms with Gasteiger partial charge in [-0.25, -0.2) is 0 Å². The summed E-state index contributed by atoms with van der Waals surface area (Å²) < 4.78 is 5.41. The van der Waals surface area contributed by atoms with Gasteiger partial charge in [-0.05, 0) is 42.2 Å². The summed E-state index contributed by atoms with van der Waals surface area (Å²) in [5, 5.41) is 16.4. The summed E-state index contributed by atoms with van der Waals surface area (Å²) >= 11 is 0. The Morgan fingerprint density at radius 1 is 1.00 bits per heavy atom. The lowest BCUT2D eigenvalue weighted by molar-refractivity contribution is -0.137. The summed E-state index contributed by atoms with van der Waals surface area (Å²) in [6.07, 6.45) is 0.587. The van der Waals surface area contributed by atoms with Crippen molar-refractivity contribution in [2.24, 2.45) is 5.92 Å². The summed E-state index contributed by atoms with van der Waals surface area (Å²) in [6.45, 7) is 10.4. The third-order valence-corrected chi connectivity index (χ3v) is 5.59. The van der Waals surface area contributed by atoms with Crippen LogP contribution in [0.15, 0.2) is 53.1 Å². The van der Waals surface area contributed by atoms with Crippen LogP contribution in [-0.4, -0.2) is 27.0 Å². The van der Waals surface area contributed by atoms with E-state index >= 15 is 0 Å². The number of carboxylic acid groups (broad SMARTS) is 1. The van der Waals surface area contributed by atoms with E-state index in [0.717, 1.165) is 16.8 Å². The van der Waals surface area contributed by atoms with Crippen LogP contribution in [0, 0.1) is 5.92 Å². The summed E-state index contributed by atoms with van der Waals surface area (Å²) in [5.41, 5.74) is 3.34. The van der Waals surface area contributed by atoms with E-state index < -0.39 is 5.97 Å². The Morgan fingerprint density at radius 2 is 1.65 bits per heavy atom. The number of carbonyl (C=O) groups is 2. The number of rotatable bonds is 10. The molecule has 1 atom stereocenters. The van der Waals surface area contributed by atoms with Crippen molar-refractivity contribution in [1.82, 2.24) is 10.1 Å². The molecule has 1 unspecified atom stereocenters. The molecule has 0 aliphatic rings. The lowest BCUT2D eigenvalue weighted by atomic mass is 9.94. The molecule has 0 bridgehead atoms. The Morgan fingerprint density at radius 3 is 2.18 bits per heavy atom. The molecule has 3 aromatic rings. The minimum atomic E-state index is -0.882. The molecule has 0 amide bonds. The van der Waals surface area contributed by atoms with Gasteiger partial charge in [0, 0.05) is 35.1 Å². The van der Waals surface area contributed by atoms with Crippen molar-refractivity contribution in [3.63, 3.8) is 0 Å². The molecule has 0 fully saturated rings. The number of aliphatic carboxylic acids is 1. The molecule has 0 radical (unpaired) electrons. The highest BCUT2D eigenvalue weighted by Crippen LogP contribution is 2.29. The number of ketones is 1. The molecule has 2 aromatic carbocycles. The van der Waals surface area contributed by atoms with E-state index in [1.165, 1.54) is 0 Å². The van der Waals surface area contributed by atoms with Crippen LogP contribution in [0.3, 0.4) is 0 Å². The molecular weight excluding hydrogens is 430 g/mol. The van der Waals surface area contributed by atoms with Gasteiger partial charge in [-0.15, -0.1) is 0 Å². The first-order chi connectivity index (χ1) is 16.0. The number of carbonyl (C=O) groups excluding carboxylic acids is 1. The van der Waals surface area contributed by atoms with Crippen molar-refractivity contribution in [3.8, 4) is 11.4 Å². The largest absolute Gasteiger partial charge is 0.481 e. The van der Waals surface area contributed by atoms with Gasteiger partial charge in [-0.1, -0.05) is 64.0 Å². The topological polar surface area (TPSA) is 105 Å². The molecule has 0 saturated heterocycles. The van der Waals surface area contributed by atoms with E-state index in [-0.39, 0.29) is 30.1 Å². The van der Waals surface area contributed by atoms with Crippen LogP contribution < -0.4 is 5.32 Å². The molecular formula is C27H33N3O4. The normalized spacial score (nSPS) is 12.5. The van der Waals surface area contributed by atoms with Crippen molar-refractivity contribution >= 4 is 17.4 Å². The SMILES string of the molecule is CC(C)C(Nc1ccc(C(=O)CCCC(=O)O)cc1)c1ccc(-c2noc(C(C)(C)C)n2)cc1. The van der Waals surface area contributed by atoms with Gasteiger partial charge >= 0.3 is 5.97 Å². The van der Waals surface area contributed by atoms with E-state index in [0.29, 0.717) is 29.6 Å². The van der Waals surface area contributed by atoms with Crippen LogP contribution in [-0.2, 0) is 10.2 Å². The first-order valence-corrected chi connectivity index (χ1v) is 11.6. The maximum Gasteiger partial charge on any atom is 0.303 e. The Labute approximate surface area is 200 Å². The Hall–Kier alpha value is -3.48. The highest BCUT2D eigenvalue weighted by molar-refractivity contribution is 5.96. The smallest absolute Gasteiger partial charge is 0.303 e. The van der Waals surface area contributed by atoms with Crippen LogP contribution in [0.2, 0.25) is 0 Å². The third kappa shape index (κ3) is 6.53. The summed E-state index contributed by atoms with van der Waals surface area (Å²) in [6, 6.07) is 15.6. The zero-order chi connectivity index (χ0) is 24.9. The number of carboxylic acids is 1. The maximum atomic E-state index is 12.3. The zero-order valence-electron chi connectivity index (χ0n) is 20.5. The average Bonchev–Trinajstić information content (AvgIpc) is 3.28. The van der Waals surface area contributed by atoms with E-state index in [4.69, 9.17) is 9.63 Å². The number of nitrogens with zero attached hydrogens (tertiary/aromatic N) is 2. The quantitative estimate of drug-likeness (QED) is 0.341. The van der Waals surface area contributed by atoms with E-state index in [1.54, 1.807) is 12.1 Å². The van der Waals surface area contributed by atoms with Crippen LogP contribution >= 0.6 is 0 Å². The molecule has 34 heavy (non-hydrogen) atoms. The number of anilines is 1. The van der Waals surface area contributed by atoms with Gasteiger partial charge in [-0.3, -0.25) is 9.59 Å². The van der Waals surface area contributed by atoms with Crippen molar-refractivity contribution < 1.29 is 19.2 Å². The molecule has 3 rings (SSSR count). The highest BCUT2D eigenvalue weighted by Gasteiger charge is 2.22. The lowest BCUT2D eigenvalue weighted by Gasteiger charge is -2.24. The number of Topliss-reactive ketones (excluding diaryl/α,β-unsaturated/α-hetero) is 1. The van der Waals surface area contributed by atoms with E-state index in [2.05, 4.69) is 41.4 Å². The summed E-state index contributed by atoms with van der Waals surface area (Å²) in [4.78, 5) is 27.4. The molecule has 0 aliphatic carbocycles. The number of hydrogen-bond donors (Lipinski definition) is 2. The second-order valence-electron chi connectivity index (χ2n) is 9.91. The van der Waals surface area contributed by atoms with E-state index in [9.17, 15) is 9.59 Å². The molecule has 2 N–H and O–H groups in total. The van der Waals surface area contributed by atoms with Crippen LogP contribution in [0.4, 0.5) is 5.69 Å². The molecule has 0 aliphatic heterocycles. The van der Waals surface area contributed by atoms with Gasteiger partial charge in [0.25, 0.3) is 0 Å². The van der Waals surface area contributed by atoms with Crippen LogP contribution in [0.25, 0.3) is 11.4 Å². The fraction of sp³-hybridized carbons (Fsp3) is 0.407. The van der Waals surface area contributed by atoms with Gasteiger partial charge in [0.2, 0.25) is 11.7 Å². The van der Waals surface area contributed by atoms with Crippen LogP contribution in [0.1, 0.15) is 81.7 Å². The molecule has 180 valence electrons. The highest BCUT2D eigenvalue weighted by atomic mass is 16.5. The minimum Gasteiger partial charge on any atom is -0.481 e. The summed E-state index contributed by atoms with van der Waals surface area (Å²) in [7, 11) is 0. The average molecular weight is 464 g/mol. The molecule has 7 heteroatoms. The Kier molecular flexibility index (Phi) is 7.87. The first kappa shape index (κ1) is 25.1.